The van der Waals surface area contributed by atoms with E-state index in [0.29, 0.717) is 41.1 Å². The highest BCUT2D eigenvalue weighted by Crippen LogP contribution is 2.38. The minimum atomic E-state index is 0.0355. The summed E-state index contributed by atoms with van der Waals surface area (Å²) in [5.74, 6) is 1.82. The molecule has 0 atom stereocenters. The molecule has 6 nitrogen and oxygen atoms in total. The van der Waals surface area contributed by atoms with Gasteiger partial charge >= 0.3 is 0 Å². The molecule has 0 unspecified atom stereocenters. The third kappa shape index (κ3) is 5.15. The molecule has 0 amide bonds. The molecule has 0 saturated carbocycles. The van der Waals surface area contributed by atoms with Crippen molar-refractivity contribution in [2.45, 2.75) is 26.9 Å². The van der Waals surface area contributed by atoms with Crippen LogP contribution in [-0.2, 0) is 4.74 Å². The van der Waals surface area contributed by atoms with E-state index in [4.69, 9.17) is 30.5 Å². The molecule has 1 aromatic carbocycles. The Balaban J connectivity index is 1.81. The van der Waals surface area contributed by atoms with Gasteiger partial charge in [0.05, 0.1) is 25.9 Å². The molecule has 0 N–H and O–H groups in total. The normalized spacial score (nSPS) is 15.3. The maximum Gasteiger partial charge on any atom is 0.217 e. The second-order valence-corrected chi connectivity index (χ2v) is 7.01. The lowest BCUT2D eigenvalue weighted by Gasteiger charge is -2.26. The van der Waals surface area contributed by atoms with E-state index in [9.17, 15) is 0 Å². The second-order valence-electron chi connectivity index (χ2n) is 6.63. The van der Waals surface area contributed by atoms with Crippen molar-refractivity contribution in [3.8, 4) is 17.4 Å². The molecule has 0 aliphatic carbocycles. The molecular formula is C20H27ClN2O4. The fraction of sp³-hybridized carbons (Fsp3) is 0.550. The van der Waals surface area contributed by atoms with Crippen molar-refractivity contribution in [1.29, 1.82) is 0 Å². The van der Waals surface area contributed by atoms with Gasteiger partial charge in [-0.2, -0.15) is 0 Å². The third-order valence-electron chi connectivity index (χ3n) is 4.25. The molecule has 0 bridgehead atoms. The number of hydrogen-bond donors (Lipinski definition) is 0. The van der Waals surface area contributed by atoms with Crippen LogP contribution in [0.15, 0.2) is 18.2 Å². The van der Waals surface area contributed by atoms with Gasteiger partial charge in [-0.15, -0.1) is 0 Å². The van der Waals surface area contributed by atoms with Crippen LogP contribution in [-0.4, -0.2) is 62.0 Å². The van der Waals surface area contributed by atoms with E-state index in [1.807, 2.05) is 32.9 Å². The Labute approximate surface area is 165 Å². The van der Waals surface area contributed by atoms with E-state index in [1.165, 1.54) is 0 Å². The van der Waals surface area contributed by atoms with Crippen LogP contribution in [0.4, 0.5) is 0 Å². The molecular weight excluding hydrogens is 368 g/mol. The Morgan fingerprint density at radius 1 is 1.19 bits per heavy atom. The number of rotatable bonds is 8. The number of nitrogens with zero attached hydrogens (tertiary/aromatic N) is 2. The molecule has 0 radical (unpaired) electrons. The van der Waals surface area contributed by atoms with Gasteiger partial charge in [-0.1, -0.05) is 11.6 Å². The summed E-state index contributed by atoms with van der Waals surface area (Å²) >= 11 is 6.61. The summed E-state index contributed by atoms with van der Waals surface area (Å²) in [5, 5.41) is 1.32. The smallest absolute Gasteiger partial charge is 0.217 e. The molecule has 0 spiro atoms. The van der Waals surface area contributed by atoms with Gasteiger partial charge in [-0.05, 0) is 32.9 Å². The third-order valence-corrected chi connectivity index (χ3v) is 4.61. The molecule has 1 aliphatic rings. The van der Waals surface area contributed by atoms with Crippen LogP contribution in [0.3, 0.4) is 0 Å². The van der Waals surface area contributed by atoms with Gasteiger partial charge < -0.3 is 18.9 Å². The van der Waals surface area contributed by atoms with Crippen molar-refractivity contribution in [3.63, 3.8) is 0 Å². The summed E-state index contributed by atoms with van der Waals surface area (Å²) in [6.07, 6.45) is 0.0355. The van der Waals surface area contributed by atoms with Crippen molar-refractivity contribution in [2.24, 2.45) is 0 Å². The highest BCUT2D eigenvalue weighted by atomic mass is 35.5. The zero-order chi connectivity index (χ0) is 19.2. The van der Waals surface area contributed by atoms with Crippen molar-refractivity contribution >= 4 is 22.5 Å². The standard InChI is InChI=1S/C20H27ClN2O4/c1-4-25-18-13-17(27-14(2)3)15-5-6-16(19(21)20(15)22-18)26-12-9-23-7-10-24-11-8-23/h5-6,13-14H,4,7-12H2,1-3H3. The van der Waals surface area contributed by atoms with Gasteiger partial charge in [0.2, 0.25) is 5.88 Å². The molecule has 1 fully saturated rings. The molecule has 1 aromatic heterocycles. The lowest BCUT2D eigenvalue weighted by atomic mass is 10.2. The maximum atomic E-state index is 6.61. The Morgan fingerprint density at radius 3 is 2.67 bits per heavy atom. The molecule has 148 valence electrons. The first-order valence-electron chi connectivity index (χ1n) is 9.44. The second kappa shape index (κ2) is 9.44. The summed E-state index contributed by atoms with van der Waals surface area (Å²) < 4.78 is 22.8. The fourth-order valence-electron chi connectivity index (χ4n) is 2.98. The van der Waals surface area contributed by atoms with E-state index >= 15 is 0 Å². The minimum Gasteiger partial charge on any atom is -0.491 e. The lowest BCUT2D eigenvalue weighted by Crippen LogP contribution is -2.38. The molecule has 7 heteroatoms. The Morgan fingerprint density at radius 2 is 1.96 bits per heavy atom. The number of hydrogen-bond acceptors (Lipinski definition) is 6. The predicted molar refractivity (Wildman–Crippen MR) is 106 cm³/mol. The number of aromatic nitrogens is 1. The molecule has 1 saturated heterocycles. The van der Waals surface area contributed by atoms with Crippen molar-refractivity contribution in [1.82, 2.24) is 9.88 Å². The minimum absolute atomic E-state index is 0.0355. The van der Waals surface area contributed by atoms with Crippen molar-refractivity contribution < 1.29 is 18.9 Å². The monoisotopic (exact) mass is 394 g/mol. The Hall–Kier alpha value is -1.76. The Bertz CT molecular complexity index is 763. The largest absolute Gasteiger partial charge is 0.491 e. The predicted octanol–water partition coefficient (Wildman–Crippen LogP) is 3.79. The van der Waals surface area contributed by atoms with Crippen LogP contribution >= 0.6 is 11.6 Å². The average molecular weight is 395 g/mol. The summed E-state index contributed by atoms with van der Waals surface area (Å²) in [7, 11) is 0. The zero-order valence-corrected chi connectivity index (χ0v) is 16.9. The molecule has 2 heterocycles. The first-order chi connectivity index (χ1) is 13.1. The van der Waals surface area contributed by atoms with Gasteiger partial charge in [-0.25, -0.2) is 4.98 Å². The molecule has 27 heavy (non-hydrogen) atoms. The summed E-state index contributed by atoms with van der Waals surface area (Å²) in [4.78, 5) is 6.87. The van der Waals surface area contributed by atoms with Crippen LogP contribution in [0.25, 0.3) is 10.9 Å². The number of benzene rings is 1. The van der Waals surface area contributed by atoms with Crippen LogP contribution in [0.2, 0.25) is 5.02 Å². The highest BCUT2D eigenvalue weighted by Gasteiger charge is 2.16. The van der Waals surface area contributed by atoms with E-state index < -0.39 is 0 Å². The summed E-state index contributed by atoms with van der Waals surface area (Å²) in [6, 6.07) is 5.62. The quantitative estimate of drug-likeness (QED) is 0.679. The average Bonchev–Trinajstić information content (AvgIpc) is 2.65. The highest BCUT2D eigenvalue weighted by molar-refractivity contribution is 6.36. The number of halogens is 1. The Kier molecular flexibility index (Phi) is 6.99. The van der Waals surface area contributed by atoms with E-state index in [1.54, 1.807) is 6.07 Å². The maximum absolute atomic E-state index is 6.61. The first-order valence-corrected chi connectivity index (χ1v) is 9.82. The van der Waals surface area contributed by atoms with Gasteiger partial charge in [0.15, 0.2) is 0 Å². The van der Waals surface area contributed by atoms with E-state index in [2.05, 4.69) is 9.88 Å². The van der Waals surface area contributed by atoms with E-state index in [-0.39, 0.29) is 6.10 Å². The molecule has 3 rings (SSSR count). The van der Waals surface area contributed by atoms with E-state index in [0.717, 1.165) is 38.2 Å². The van der Waals surface area contributed by atoms with Crippen LogP contribution in [0.5, 0.6) is 17.4 Å². The van der Waals surface area contributed by atoms with Crippen LogP contribution in [0, 0.1) is 0 Å². The molecule has 1 aliphatic heterocycles. The van der Waals surface area contributed by atoms with Gasteiger partial charge in [0.25, 0.3) is 0 Å². The summed E-state index contributed by atoms with van der Waals surface area (Å²) in [6.45, 7) is 11.2. The topological polar surface area (TPSA) is 53.0 Å². The summed E-state index contributed by atoms with van der Waals surface area (Å²) in [5.41, 5.74) is 0.627. The van der Waals surface area contributed by atoms with Crippen LogP contribution in [0.1, 0.15) is 20.8 Å². The zero-order valence-electron chi connectivity index (χ0n) is 16.2. The van der Waals surface area contributed by atoms with Gasteiger partial charge in [0, 0.05) is 31.1 Å². The van der Waals surface area contributed by atoms with Gasteiger partial charge in [0.1, 0.15) is 28.6 Å². The van der Waals surface area contributed by atoms with Crippen LogP contribution < -0.4 is 14.2 Å². The number of ether oxygens (including phenoxy) is 4. The number of pyridine rings is 1. The van der Waals surface area contributed by atoms with Crippen molar-refractivity contribution in [3.05, 3.63) is 23.2 Å². The van der Waals surface area contributed by atoms with Crippen molar-refractivity contribution in [2.75, 3.05) is 46.1 Å². The lowest BCUT2D eigenvalue weighted by molar-refractivity contribution is 0.0322. The SMILES string of the molecule is CCOc1cc(OC(C)C)c2ccc(OCCN3CCOCC3)c(Cl)c2n1. The van der Waals surface area contributed by atoms with Gasteiger partial charge in [-0.3, -0.25) is 4.90 Å². The fourth-order valence-corrected chi connectivity index (χ4v) is 3.24. The molecule has 2 aromatic rings. The number of morpholine rings is 1. The number of fused-ring (bicyclic) bond motifs is 1. The first kappa shape index (κ1) is 20.0.